The number of aromatic nitrogens is 6. The van der Waals surface area contributed by atoms with Crippen molar-refractivity contribution in [3.05, 3.63) is 239 Å². The van der Waals surface area contributed by atoms with E-state index in [4.69, 9.17) is 53.6 Å². The average Bonchev–Trinajstić information content (AvgIpc) is 1.38. The number of nitrogens with zero attached hydrogens (tertiary/aromatic N) is 6. The molecule has 0 aliphatic heterocycles. The number of benzene rings is 8. The first kappa shape index (κ1) is 66.7. The molecule has 0 aliphatic carbocycles. The third kappa shape index (κ3) is 16.9. The summed E-state index contributed by atoms with van der Waals surface area (Å²) < 4.78 is 40.0. The third-order valence-corrected chi connectivity index (χ3v) is 16.9. The summed E-state index contributed by atoms with van der Waals surface area (Å²) in [4.78, 5) is 28.4. The molecule has 2 unspecified atom stereocenters. The van der Waals surface area contributed by atoms with E-state index in [2.05, 4.69) is 13.8 Å². The Bertz CT molecular complexity index is 3580. The Morgan fingerprint density at radius 3 is 0.849 bits per heavy atom. The van der Waals surface area contributed by atoms with Gasteiger partial charge in [0.15, 0.2) is 0 Å². The molecule has 10 aromatic rings. The molecule has 2 aromatic heterocycles. The maximum atomic E-state index is 12.8. The molecule has 0 aliphatic rings. The van der Waals surface area contributed by atoms with E-state index in [0.29, 0.717) is 122 Å². The van der Waals surface area contributed by atoms with Crippen molar-refractivity contribution in [2.75, 3.05) is 92.5 Å². The number of phenolic OH excluding ortho intramolecular Hbond substituents is 2. The highest BCUT2D eigenvalue weighted by Gasteiger charge is 2.38. The van der Waals surface area contributed by atoms with Crippen LogP contribution in [0.2, 0.25) is 0 Å². The Kier molecular flexibility index (Phi) is 23.6. The molecule has 19 heteroatoms. The molecule has 2 heterocycles. The highest BCUT2D eigenvalue weighted by Crippen LogP contribution is 2.47. The number of phenols is 2. The van der Waals surface area contributed by atoms with Gasteiger partial charge in [-0.2, -0.15) is 0 Å². The van der Waals surface area contributed by atoms with E-state index in [1.165, 1.54) is 9.59 Å². The number of aliphatic carboxylic acids is 2. The second-order valence-electron chi connectivity index (χ2n) is 23.0. The van der Waals surface area contributed by atoms with Gasteiger partial charge in [-0.25, -0.2) is 0 Å². The van der Waals surface area contributed by atoms with Crippen LogP contribution >= 0.6 is 0 Å². The average molecular weight is 1260 g/mol. The van der Waals surface area contributed by atoms with Crippen molar-refractivity contribution in [3.63, 3.8) is 0 Å². The molecular weight excluding hydrogens is 1180 g/mol. The van der Waals surface area contributed by atoms with Crippen molar-refractivity contribution in [1.29, 1.82) is 0 Å². The summed E-state index contributed by atoms with van der Waals surface area (Å²) in [5, 5.41) is 64.1. The fourth-order valence-corrected chi connectivity index (χ4v) is 11.7. The molecule has 0 radical (unpaired) electrons. The monoisotopic (exact) mass is 1260 g/mol. The first-order valence-electron chi connectivity index (χ1n) is 31.5. The van der Waals surface area contributed by atoms with Crippen LogP contribution in [0.3, 0.4) is 0 Å². The van der Waals surface area contributed by atoms with E-state index in [9.17, 15) is 30.0 Å². The second kappa shape index (κ2) is 32.9. The van der Waals surface area contributed by atoms with Gasteiger partial charge in [0.25, 0.3) is 0 Å². The van der Waals surface area contributed by atoms with Crippen LogP contribution in [0, 0.1) is 11.8 Å². The fourth-order valence-electron chi connectivity index (χ4n) is 11.7. The molecule has 10 rings (SSSR count). The molecule has 484 valence electrons. The highest BCUT2D eigenvalue weighted by atomic mass is 16.6. The number of carbonyl (C=O) groups is 2. The molecule has 0 amide bonds. The summed E-state index contributed by atoms with van der Waals surface area (Å²) in [6, 6.07) is 62.0. The van der Waals surface area contributed by atoms with Gasteiger partial charge in [0.05, 0.1) is 91.1 Å². The van der Waals surface area contributed by atoms with Crippen molar-refractivity contribution in [2.45, 2.75) is 50.4 Å². The van der Waals surface area contributed by atoms with E-state index in [0.717, 1.165) is 22.3 Å². The second-order valence-corrected chi connectivity index (χ2v) is 23.0. The van der Waals surface area contributed by atoms with Crippen molar-refractivity contribution in [2.24, 2.45) is 11.8 Å². The summed E-state index contributed by atoms with van der Waals surface area (Å²) >= 11 is 0. The topological polar surface area (TPSA) is 241 Å². The molecule has 0 fully saturated rings. The summed E-state index contributed by atoms with van der Waals surface area (Å²) in [7, 11) is 0. The van der Waals surface area contributed by atoms with Gasteiger partial charge in [0.2, 0.25) is 0 Å². The lowest BCUT2D eigenvalue weighted by molar-refractivity contribution is -0.143. The van der Waals surface area contributed by atoms with Gasteiger partial charge in [0.1, 0.15) is 44.9 Å². The number of carboxylic acid groups (broad SMARTS) is 2. The number of hydrogen-bond acceptors (Lipinski definition) is 15. The molecule has 0 saturated heterocycles. The number of carboxylic acids is 2. The molecule has 0 bridgehead atoms. The van der Waals surface area contributed by atoms with E-state index in [1.807, 2.05) is 182 Å². The van der Waals surface area contributed by atoms with Crippen molar-refractivity contribution in [1.82, 2.24) is 30.0 Å². The van der Waals surface area contributed by atoms with Crippen LogP contribution in [0.4, 0.5) is 0 Å². The molecular formula is C74H80N6O13. The summed E-state index contributed by atoms with van der Waals surface area (Å²) in [5.74, 6) is -3.48. The van der Waals surface area contributed by atoms with Crippen LogP contribution in [0.5, 0.6) is 11.5 Å². The first-order valence-corrected chi connectivity index (χ1v) is 31.5. The van der Waals surface area contributed by atoms with Gasteiger partial charge >= 0.3 is 11.9 Å². The smallest absolute Gasteiger partial charge is 0.306 e. The molecule has 19 nitrogen and oxygen atoms in total. The molecule has 93 heavy (non-hydrogen) atoms. The number of aromatic hydroxyl groups is 2. The van der Waals surface area contributed by atoms with Crippen molar-refractivity contribution >= 4 is 34.0 Å². The van der Waals surface area contributed by atoms with Gasteiger partial charge in [-0.1, -0.05) is 158 Å². The largest absolute Gasteiger partial charge is 0.505 e. The fraction of sp³-hybridized carbons (Fsp3) is 0.324. The van der Waals surface area contributed by atoms with Crippen LogP contribution in [0.1, 0.15) is 71.2 Å². The maximum Gasteiger partial charge on any atom is 0.306 e. The molecule has 4 N–H and O–H groups in total. The lowest BCUT2D eigenvalue weighted by Gasteiger charge is -2.33. The Balaban J connectivity index is 0.591. The summed E-state index contributed by atoms with van der Waals surface area (Å²) in [5.41, 5.74) is 8.07. The molecule has 2 atom stereocenters. The zero-order valence-electron chi connectivity index (χ0n) is 52.5. The number of ether oxygens (including phenoxy) is 7. The lowest BCUT2D eigenvalue weighted by Crippen LogP contribution is -2.26. The van der Waals surface area contributed by atoms with Crippen LogP contribution < -0.4 is 0 Å². The highest BCUT2D eigenvalue weighted by molar-refractivity contribution is 5.76. The van der Waals surface area contributed by atoms with E-state index in [-0.39, 0.29) is 63.6 Å². The first-order chi connectivity index (χ1) is 45.4. The van der Waals surface area contributed by atoms with Crippen LogP contribution in [0.15, 0.2) is 194 Å². The predicted molar refractivity (Wildman–Crippen MR) is 353 cm³/mol. The maximum absolute atomic E-state index is 12.8. The van der Waals surface area contributed by atoms with Crippen molar-refractivity contribution in [3.8, 4) is 22.9 Å². The Labute approximate surface area is 541 Å². The van der Waals surface area contributed by atoms with E-state index >= 15 is 0 Å². The molecule has 8 aromatic carbocycles. The van der Waals surface area contributed by atoms with Crippen LogP contribution in [0.25, 0.3) is 33.4 Å². The molecule has 0 saturated carbocycles. The van der Waals surface area contributed by atoms with Gasteiger partial charge in [-0.15, -0.1) is 30.0 Å². The predicted octanol–water partition coefficient (Wildman–Crippen LogP) is 11.4. The zero-order chi connectivity index (χ0) is 64.8. The molecule has 0 spiro atoms. The number of fused-ring (bicyclic) bond motifs is 2. The Morgan fingerprint density at radius 1 is 0.366 bits per heavy atom. The number of hydrogen-bond donors (Lipinski definition) is 4. The standard InChI is InChI=1S/C74H80N6O13/c1-73(57-19-7-3-8-20-57,58-21-9-4-10-22-58)61-49-53(51-67(69(61)81)79-75-63-27-15-16-28-64(63)76-79)47-55(71(83)84)31-33-87-35-37-89-39-41-91-43-45-93-46-44-92-42-40-90-38-36-88-34-32-56(72(85)86)48-54-50-62(70(82)68(52-54)80-77-65-29-17-18-30-66(65)78-80)74(2,59-23-11-5-12-24-59)60-25-13-6-14-26-60/h3-30,49-52,55-56,81-82H,31-48H2,1-2H3,(H,83,84)(H,85,86). The SMILES string of the molecule is CC(c1ccccc1)(c1ccccc1)c1cc(CC(CCOCCOCCOCCOCCOCCOCCOCCC(Cc2cc(-n3nc4ccccc4n3)c(O)c(C(C)(c3ccccc3)c3ccccc3)c2)C(=O)O)C(=O)O)cc(-n2nc3ccccc3n2)c1O. The minimum atomic E-state index is -0.953. The van der Waals surface area contributed by atoms with E-state index in [1.54, 1.807) is 12.1 Å². The van der Waals surface area contributed by atoms with Gasteiger partial charge < -0.3 is 53.6 Å². The van der Waals surface area contributed by atoms with Crippen molar-refractivity contribution < 1.29 is 63.2 Å². The van der Waals surface area contributed by atoms with Gasteiger partial charge in [-0.3, -0.25) is 9.59 Å². The van der Waals surface area contributed by atoms with Crippen LogP contribution in [-0.4, -0.2) is 155 Å². The third-order valence-electron chi connectivity index (χ3n) is 16.9. The van der Waals surface area contributed by atoms with Crippen LogP contribution in [-0.2, 0) is 66.4 Å². The summed E-state index contributed by atoms with van der Waals surface area (Å²) in [6.45, 7) is 8.72. The minimum Gasteiger partial charge on any atom is -0.505 e. The lowest BCUT2D eigenvalue weighted by atomic mass is 9.70. The van der Waals surface area contributed by atoms with Gasteiger partial charge in [-0.05, 0) is 109 Å². The van der Waals surface area contributed by atoms with E-state index < -0.39 is 34.6 Å². The quantitative estimate of drug-likeness (QED) is 0.0208. The Morgan fingerprint density at radius 2 is 0.602 bits per heavy atom. The summed E-state index contributed by atoms with van der Waals surface area (Å²) in [6.07, 6.45) is 0.858. The normalized spacial score (nSPS) is 12.6. The minimum absolute atomic E-state index is 0.00298. The Hall–Kier alpha value is -9.18. The number of rotatable bonds is 38. The van der Waals surface area contributed by atoms with Gasteiger partial charge in [0, 0.05) is 35.2 Å². The zero-order valence-corrected chi connectivity index (χ0v) is 52.5.